The van der Waals surface area contributed by atoms with Crippen LogP contribution in [0.1, 0.15) is 29.2 Å². The molecule has 2 unspecified atom stereocenters. The van der Waals surface area contributed by atoms with Gasteiger partial charge in [-0.15, -0.1) is 0 Å². The molecule has 150 valence electrons. The summed E-state index contributed by atoms with van der Waals surface area (Å²) in [6.45, 7) is 5.36. The molecule has 0 radical (unpaired) electrons. The average Bonchev–Trinajstić information content (AvgIpc) is 3.29. The second-order valence-electron chi connectivity index (χ2n) is 8.05. The Labute approximate surface area is 165 Å². The van der Waals surface area contributed by atoms with Gasteiger partial charge in [-0.1, -0.05) is 12.1 Å². The van der Waals surface area contributed by atoms with Crippen molar-refractivity contribution in [3.8, 4) is 0 Å². The van der Waals surface area contributed by atoms with Crippen LogP contribution in [-0.4, -0.2) is 43.4 Å². The van der Waals surface area contributed by atoms with E-state index < -0.39 is 0 Å². The molecule has 1 saturated heterocycles. The molecule has 2 aromatic rings. The molecule has 2 fully saturated rings. The molecule has 4 atom stereocenters. The maximum absolute atomic E-state index is 13.3. The molecule has 6 heteroatoms. The van der Waals surface area contributed by atoms with Crippen LogP contribution in [0.2, 0.25) is 0 Å². The van der Waals surface area contributed by atoms with Crippen molar-refractivity contribution in [2.45, 2.75) is 37.8 Å². The van der Waals surface area contributed by atoms with Crippen LogP contribution in [0.25, 0.3) is 0 Å². The Balaban J connectivity index is 1.20. The van der Waals surface area contributed by atoms with E-state index in [4.69, 9.17) is 10.5 Å². The highest BCUT2D eigenvalue weighted by molar-refractivity contribution is 5.34. The number of ether oxygens (including phenoxy) is 1. The number of benzene rings is 1. The van der Waals surface area contributed by atoms with Crippen LogP contribution in [0.5, 0.6) is 0 Å². The highest BCUT2D eigenvalue weighted by Crippen LogP contribution is 2.40. The first kappa shape index (κ1) is 19.3. The van der Waals surface area contributed by atoms with E-state index in [9.17, 15) is 4.39 Å². The van der Waals surface area contributed by atoms with E-state index in [0.29, 0.717) is 30.3 Å². The lowest BCUT2D eigenvalue weighted by Gasteiger charge is -2.19. The van der Waals surface area contributed by atoms with Crippen LogP contribution in [0.4, 0.5) is 10.2 Å². The van der Waals surface area contributed by atoms with Gasteiger partial charge in [0, 0.05) is 43.2 Å². The normalized spacial score (nSPS) is 26.5. The molecule has 28 heavy (non-hydrogen) atoms. The minimum atomic E-state index is -0.156. The fourth-order valence-electron chi connectivity index (χ4n) is 4.23. The number of aryl methyl sites for hydroxylation is 1. The van der Waals surface area contributed by atoms with Gasteiger partial charge in [-0.2, -0.15) is 0 Å². The Morgan fingerprint density at radius 3 is 3.00 bits per heavy atom. The van der Waals surface area contributed by atoms with Gasteiger partial charge in [0.1, 0.15) is 11.6 Å². The number of nitrogens with zero attached hydrogens (tertiary/aromatic N) is 1. The van der Waals surface area contributed by atoms with Gasteiger partial charge in [-0.05, 0) is 55.2 Å². The largest absolute Gasteiger partial charge is 0.384 e. The van der Waals surface area contributed by atoms with E-state index in [2.05, 4.69) is 21.7 Å². The third-order valence-corrected chi connectivity index (χ3v) is 5.70. The van der Waals surface area contributed by atoms with Gasteiger partial charge in [0.05, 0.1) is 12.7 Å². The second kappa shape index (κ2) is 8.55. The summed E-state index contributed by atoms with van der Waals surface area (Å²) in [5.74, 6) is 1.26. The number of nitrogens with one attached hydrogen (secondary N) is 2. The number of hydrogen-bond acceptors (Lipinski definition) is 5. The summed E-state index contributed by atoms with van der Waals surface area (Å²) in [5.41, 5.74) is 9.14. The summed E-state index contributed by atoms with van der Waals surface area (Å²) in [7, 11) is 0. The Kier molecular flexibility index (Phi) is 5.90. The Morgan fingerprint density at radius 1 is 1.29 bits per heavy atom. The lowest BCUT2D eigenvalue weighted by Crippen LogP contribution is -2.30. The van der Waals surface area contributed by atoms with Crippen molar-refractivity contribution in [3.05, 3.63) is 59.0 Å². The standard InChI is InChI=1S/C22H29FN4O/c1-14-7-18(27-22(24)8-14)10-16-12-25-13-21(16)28-6-5-26-20-11-19(20)15-3-2-4-17(23)9-15/h2-4,7-9,16,19-21,25-26H,5-6,10-13H2,1H3,(H2,24,27)/t16-,19?,20?,21+/m1/s1. The van der Waals surface area contributed by atoms with Gasteiger partial charge >= 0.3 is 0 Å². The van der Waals surface area contributed by atoms with E-state index in [-0.39, 0.29) is 11.9 Å². The fraction of sp³-hybridized carbons (Fsp3) is 0.500. The molecule has 2 aliphatic rings. The molecule has 1 aromatic heterocycles. The van der Waals surface area contributed by atoms with Crippen LogP contribution in [0.3, 0.4) is 0 Å². The third kappa shape index (κ3) is 4.87. The molecule has 2 heterocycles. The van der Waals surface area contributed by atoms with Gasteiger partial charge in [0.25, 0.3) is 0 Å². The minimum Gasteiger partial charge on any atom is -0.384 e. The molecule has 1 saturated carbocycles. The van der Waals surface area contributed by atoms with E-state index in [0.717, 1.165) is 49.3 Å². The zero-order valence-electron chi connectivity index (χ0n) is 16.3. The summed E-state index contributed by atoms with van der Waals surface area (Å²) in [4.78, 5) is 4.46. The number of hydrogen-bond donors (Lipinski definition) is 3. The SMILES string of the molecule is Cc1cc(N)nc(C[C@@H]2CNC[C@@H]2OCCNC2CC2c2cccc(F)c2)c1. The first-order valence-corrected chi connectivity index (χ1v) is 10.1. The summed E-state index contributed by atoms with van der Waals surface area (Å²) in [5, 5.41) is 6.96. The molecule has 0 spiro atoms. The van der Waals surface area contributed by atoms with Crippen LogP contribution in [0.15, 0.2) is 36.4 Å². The zero-order chi connectivity index (χ0) is 19.5. The molecule has 0 bridgehead atoms. The summed E-state index contributed by atoms with van der Waals surface area (Å²) in [6, 6.07) is 11.4. The molecular formula is C22H29FN4O. The monoisotopic (exact) mass is 384 g/mol. The molecular weight excluding hydrogens is 355 g/mol. The lowest BCUT2D eigenvalue weighted by molar-refractivity contribution is 0.0394. The van der Waals surface area contributed by atoms with E-state index in [1.54, 1.807) is 12.1 Å². The molecule has 5 nitrogen and oxygen atoms in total. The minimum absolute atomic E-state index is 0.156. The number of pyridine rings is 1. The maximum Gasteiger partial charge on any atom is 0.123 e. The number of aromatic nitrogens is 1. The highest BCUT2D eigenvalue weighted by atomic mass is 19.1. The summed E-state index contributed by atoms with van der Waals surface area (Å²) < 4.78 is 19.5. The molecule has 0 amide bonds. The Bertz CT molecular complexity index is 795. The summed E-state index contributed by atoms with van der Waals surface area (Å²) in [6.07, 6.45) is 2.14. The fourth-order valence-corrected chi connectivity index (χ4v) is 4.23. The van der Waals surface area contributed by atoms with E-state index >= 15 is 0 Å². The molecule has 4 N–H and O–H groups in total. The van der Waals surface area contributed by atoms with Crippen LogP contribution < -0.4 is 16.4 Å². The number of anilines is 1. The third-order valence-electron chi connectivity index (χ3n) is 5.70. The van der Waals surface area contributed by atoms with Crippen molar-refractivity contribution < 1.29 is 9.13 Å². The molecule has 1 aliphatic carbocycles. The van der Waals surface area contributed by atoms with Crippen LogP contribution in [0, 0.1) is 18.7 Å². The Hall–Kier alpha value is -2.02. The Morgan fingerprint density at radius 2 is 2.18 bits per heavy atom. The van der Waals surface area contributed by atoms with Gasteiger partial charge in [0.2, 0.25) is 0 Å². The van der Waals surface area contributed by atoms with Crippen molar-refractivity contribution in [2.24, 2.45) is 5.92 Å². The lowest BCUT2D eigenvalue weighted by atomic mass is 9.99. The predicted octanol–water partition coefficient (Wildman–Crippen LogP) is 2.40. The van der Waals surface area contributed by atoms with E-state index in [1.165, 1.54) is 6.07 Å². The predicted molar refractivity (Wildman–Crippen MR) is 109 cm³/mol. The van der Waals surface area contributed by atoms with Crippen molar-refractivity contribution in [1.29, 1.82) is 0 Å². The van der Waals surface area contributed by atoms with Gasteiger partial charge in [-0.3, -0.25) is 0 Å². The van der Waals surface area contributed by atoms with Gasteiger partial charge in [-0.25, -0.2) is 9.37 Å². The van der Waals surface area contributed by atoms with E-state index in [1.807, 2.05) is 19.1 Å². The molecule has 1 aliphatic heterocycles. The number of nitrogen functional groups attached to an aromatic ring is 1. The van der Waals surface area contributed by atoms with Crippen LogP contribution in [-0.2, 0) is 11.2 Å². The number of rotatable bonds is 8. The molecule has 1 aromatic carbocycles. The van der Waals surface area contributed by atoms with Gasteiger partial charge in [0.15, 0.2) is 0 Å². The maximum atomic E-state index is 13.3. The van der Waals surface area contributed by atoms with Crippen LogP contribution >= 0.6 is 0 Å². The molecule has 4 rings (SSSR count). The smallest absolute Gasteiger partial charge is 0.123 e. The average molecular weight is 384 g/mol. The van der Waals surface area contributed by atoms with Gasteiger partial charge < -0.3 is 21.1 Å². The highest BCUT2D eigenvalue weighted by Gasteiger charge is 2.38. The topological polar surface area (TPSA) is 72.2 Å². The first-order chi connectivity index (χ1) is 13.6. The number of nitrogens with two attached hydrogens (primary N) is 1. The quantitative estimate of drug-likeness (QED) is 0.610. The van der Waals surface area contributed by atoms with Crippen molar-refractivity contribution in [1.82, 2.24) is 15.6 Å². The van der Waals surface area contributed by atoms with Crippen molar-refractivity contribution in [2.75, 3.05) is 32.0 Å². The van der Waals surface area contributed by atoms with Crippen molar-refractivity contribution >= 4 is 5.82 Å². The summed E-state index contributed by atoms with van der Waals surface area (Å²) >= 11 is 0. The number of halogens is 1. The second-order valence-corrected chi connectivity index (χ2v) is 8.05. The first-order valence-electron chi connectivity index (χ1n) is 10.1. The van der Waals surface area contributed by atoms with Crippen molar-refractivity contribution in [3.63, 3.8) is 0 Å². The zero-order valence-corrected chi connectivity index (χ0v) is 16.3.